The molecule has 0 atom stereocenters. The number of hydrogen-bond acceptors (Lipinski definition) is 3. The first kappa shape index (κ1) is 23.0. The Labute approximate surface area is 198 Å². The molecule has 0 amide bonds. The summed E-state index contributed by atoms with van der Waals surface area (Å²) >= 11 is 10.8. The second-order valence-corrected chi connectivity index (χ2v) is 6.70. The van der Waals surface area contributed by atoms with E-state index in [1.807, 2.05) is 103 Å². The molecule has 0 fully saturated rings. The minimum Gasteiger partial charge on any atom is -0.781 e. The Balaban J connectivity index is 0.000000207. The molecule has 0 aliphatic carbocycles. The molecule has 1 aromatic heterocycles. The molecular weight excluding hydrogens is 573 g/mol. The minimum atomic E-state index is 0. The van der Waals surface area contributed by atoms with Crippen molar-refractivity contribution in [1.82, 2.24) is 4.98 Å². The molecule has 4 aromatic rings. The molecule has 0 bridgehead atoms. The van der Waals surface area contributed by atoms with Crippen molar-refractivity contribution < 1.29 is 21.1 Å². The van der Waals surface area contributed by atoms with Gasteiger partial charge < -0.3 is 30.2 Å². The van der Waals surface area contributed by atoms with Crippen LogP contribution in [-0.4, -0.2) is 4.98 Å². The normalized spacial score (nSPS) is 10.6. The van der Waals surface area contributed by atoms with Gasteiger partial charge in [-0.3, -0.25) is 0 Å². The average Bonchev–Trinajstić information content (AvgIpc) is 2.81. The molecule has 0 spiro atoms. The van der Waals surface area contributed by atoms with Crippen LogP contribution in [0.25, 0.3) is 21.1 Å². The molecule has 0 unspecified atom stereocenters. The van der Waals surface area contributed by atoms with Gasteiger partial charge in [-0.2, -0.15) is 9.81 Å². The van der Waals surface area contributed by atoms with Crippen molar-refractivity contribution >= 4 is 35.1 Å². The van der Waals surface area contributed by atoms with E-state index in [1.54, 1.807) is 6.20 Å². The Morgan fingerprint density at radius 2 is 1.14 bits per heavy atom. The number of hydrogen-bond donors (Lipinski definition) is 0. The first-order valence-corrected chi connectivity index (χ1v) is 9.64. The fourth-order valence-corrected chi connectivity index (χ4v) is 3.02. The molecule has 4 rings (SSSR count). The van der Waals surface area contributed by atoms with E-state index in [0.717, 1.165) is 32.2 Å². The van der Waals surface area contributed by atoms with Crippen LogP contribution in [0, 0.1) is 6.07 Å². The fourth-order valence-electron chi connectivity index (χ4n) is 2.52. The number of aromatic nitrogens is 1. The van der Waals surface area contributed by atoms with E-state index in [-0.39, 0.29) is 21.1 Å². The summed E-state index contributed by atoms with van der Waals surface area (Å²) in [6.45, 7) is 0. The maximum atomic E-state index is 5.38. The van der Waals surface area contributed by atoms with E-state index >= 15 is 0 Å². The van der Waals surface area contributed by atoms with Crippen LogP contribution in [0.3, 0.4) is 0 Å². The Kier molecular flexibility index (Phi) is 9.73. The molecule has 0 N–H and O–H groups in total. The average molecular weight is 592 g/mol. The van der Waals surface area contributed by atoms with Gasteiger partial charge in [-0.1, -0.05) is 72.8 Å². The van der Waals surface area contributed by atoms with Crippen LogP contribution in [0.1, 0.15) is 11.1 Å². The second-order valence-electron chi connectivity index (χ2n) is 5.88. The molecule has 0 saturated heterocycles. The summed E-state index contributed by atoms with van der Waals surface area (Å²) < 4.78 is 0. The maximum absolute atomic E-state index is 5.38. The first-order chi connectivity index (χ1) is 13.8. The molecule has 0 saturated carbocycles. The van der Waals surface area contributed by atoms with Crippen LogP contribution >= 0.6 is 0 Å². The van der Waals surface area contributed by atoms with Crippen LogP contribution in [0.15, 0.2) is 109 Å². The quantitative estimate of drug-likeness (QED) is 0.161. The van der Waals surface area contributed by atoms with Crippen molar-refractivity contribution in [3.63, 3.8) is 0 Å². The van der Waals surface area contributed by atoms with Crippen molar-refractivity contribution in [1.29, 1.82) is 0 Å². The predicted octanol–water partition coefficient (Wildman–Crippen LogP) is 6.15. The fraction of sp³-hybridized carbons (Fsp3) is 0. The monoisotopic (exact) mass is 591 g/mol. The van der Waals surface area contributed by atoms with Crippen molar-refractivity contribution in [2.45, 2.75) is 0 Å². The molecule has 1 nitrogen and oxygen atoms in total. The maximum Gasteiger partial charge on any atom is 0.0160 e. The van der Waals surface area contributed by atoms with Crippen LogP contribution in [0.2, 0.25) is 0 Å². The van der Waals surface area contributed by atoms with Crippen LogP contribution < -0.4 is 0 Å². The van der Waals surface area contributed by atoms with E-state index in [0.29, 0.717) is 0 Å². The standard InChI is InChI=1S/C14H12S2.C11H8N.Pt/c15-13(11-7-3-1-4-8-11)14(16)12-9-5-2-6-10-12;1-2-6-10(7-3-1)11-8-4-5-9-12-11;/h1-10,15-16H;1-6,8-9H;/q;-1;/p-2/b14-13-;;. The summed E-state index contributed by atoms with van der Waals surface area (Å²) in [5.41, 5.74) is 4.02. The zero-order valence-electron chi connectivity index (χ0n) is 15.5. The Morgan fingerprint density at radius 1 is 0.621 bits per heavy atom. The minimum absolute atomic E-state index is 0. The Hall–Kier alpha value is -2.32. The van der Waals surface area contributed by atoms with Crippen LogP contribution in [-0.2, 0) is 46.3 Å². The molecule has 29 heavy (non-hydrogen) atoms. The third-order valence-electron chi connectivity index (χ3n) is 3.93. The van der Waals surface area contributed by atoms with E-state index in [9.17, 15) is 0 Å². The summed E-state index contributed by atoms with van der Waals surface area (Å²) in [4.78, 5) is 5.69. The van der Waals surface area contributed by atoms with E-state index < -0.39 is 0 Å². The van der Waals surface area contributed by atoms with Crippen LogP contribution in [0.4, 0.5) is 0 Å². The molecule has 1 heterocycles. The van der Waals surface area contributed by atoms with Gasteiger partial charge in [-0.15, -0.1) is 35.9 Å². The molecular formula is C25H18NPtS2-3. The van der Waals surface area contributed by atoms with Crippen molar-refractivity contribution in [2.24, 2.45) is 0 Å². The van der Waals surface area contributed by atoms with Gasteiger partial charge in [0.1, 0.15) is 0 Å². The number of pyridine rings is 1. The molecule has 4 heteroatoms. The molecule has 3 aromatic carbocycles. The summed E-state index contributed by atoms with van der Waals surface area (Å²) in [6, 6.07) is 36.6. The Morgan fingerprint density at radius 3 is 1.59 bits per heavy atom. The van der Waals surface area contributed by atoms with Crippen molar-refractivity contribution in [2.75, 3.05) is 0 Å². The van der Waals surface area contributed by atoms with Gasteiger partial charge in [0.15, 0.2) is 0 Å². The number of nitrogens with zero attached hydrogens (tertiary/aromatic N) is 1. The summed E-state index contributed by atoms with van der Waals surface area (Å²) in [5, 5.41) is 0. The largest absolute Gasteiger partial charge is 0.781 e. The van der Waals surface area contributed by atoms with Crippen LogP contribution in [0.5, 0.6) is 0 Å². The van der Waals surface area contributed by atoms with Gasteiger partial charge in [-0.05, 0) is 22.9 Å². The van der Waals surface area contributed by atoms with Crippen molar-refractivity contribution in [3.05, 3.63) is 127 Å². The predicted molar refractivity (Wildman–Crippen MR) is 123 cm³/mol. The summed E-state index contributed by atoms with van der Waals surface area (Å²) in [5.74, 6) is 0. The van der Waals surface area contributed by atoms with Gasteiger partial charge in [0.25, 0.3) is 0 Å². The topological polar surface area (TPSA) is 12.9 Å². The number of benzene rings is 3. The summed E-state index contributed by atoms with van der Waals surface area (Å²) in [6.07, 6.45) is 1.79. The molecule has 148 valence electrons. The molecule has 0 aliphatic rings. The number of rotatable bonds is 3. The second kappa shape index (κ2) is 12.3. The van der Waals surface area contributed by atoms with E-state index in [1.165, 1.54) is 0 Å². The third kappa shape index (κ3) is 6.90. The van der Waals surface area contributed by atoms with Gasteiger partial charge in [0.05, 0.1) is 0 Å². The summed E-state index contributed by atoms with van der Waals surface area (Å²) in [7, 11) is 0. The zero-order valence-corrected chi connectivity index (χ0v) is 19.4. The molecule has 0 radical (unpaired) electrons. The Bertz CT molecular complexity index is 921. The van der Waals surface area contributed by atoms with Gasteiger partial charge in [0, 0.05) is 27.3 Å². The molecule has 0 aliphatic heterocycles. The van der Waals surface area contributed by atoms with Gasteiger partial charge in [-0.25, -0.2) is 0 Å². The van der Waals surface area contributed by atoms with Gasteiger partial charge in [0.2, 0.25) is 0 Å². The SMILES string of the molecule is [Pt].[S-]/C(=C(\[S-])c1ccccc1)c1ccccc1.[c-]1ccccc1-c1ccccn1. The van der Waals surface area contributed by atoms with Crippen molar-refractivity contribution in [3.8, 4) is 11.3 Å². The zero-order chi connectivity index (χ0) is 19.6. The van der Waals surface area contributed by atoms with Gasteiger partial charge >= 0.3 is 0 Å². The van der Waals surface area contributed by atoms with E-state index in [2.05, 4.69) is 11.1 Å². The van der Waals surface area contributed by atoms with E-state index in [4.69, 9.17) is 25.3 Å². The smallest absolute Gasteiger partial charge is 0.0160 e. The third-order valence-corrected chi connectivity index (χ3v) is 4.94. The first-order valence-electron chi connectivity index (χ1n) is 8.83.